The first-order chi connectivity index (χ1) is 11.4. The van der Waals surface area contributed by atoms with Crippen molar-refractivity contribution in [2.24, 2.45) is 5.10 Å². The number of rotatable bonds is 7. The first-order valence-electron chi connectivity index (χ1n) is 7.59. The van der Waals surface area contributed by atoms with Gasteiger partial charge in [-0.05, 0) is 43.2 Å². The van der Waals surface area contributed by atoms with Crippen LogP contribution < -0.4 is 10.1 Å². The molecule has 7 heteroatoms. The van der Waals surface area contributed by atoms with Crippen molar-refractivity contribution in [1.82, 2.24) is 4.72 Å². The minimum absolute atomic E-state index is 0.242. The van der Waals surface area contributed by atoms with Crippen molar-refractivity contribution in [3.63, 3.8) is 0 Å². The number of benzene rings is 2. The van der Waals surface area contributed by atoms with Crippen molar-refractivity contribution in [2.75, 3.05) is 12.0 Å². The van der Waals surface area contributed by atoms with Crippen LogP contribution in [0.2, 0.25) is 5.02 Å². The average Bonchev–Trinajstić information content (AvgIpc) is 2.59. The Kier molecular flexibility index (Phi) is 6.36. The normalized spacial score (nSPS) is 12.2. The van der Waals surface area contributed by atoms with E-state index in [0.29, 0.717) is 17.3 Å². The molecule has 0 atom stereocenters. The van der Waals surface area contributed by atoms with E-state index >= 15 is 0 Å². The standard InChI is InChI=1S/C17H20ClN3O2S/c1-3-12-19-24(22,23)15-10-8-14(9-11-15)13(2)20-21-17-7-5-4-6-16(17)18/h4-11,19,21H,3,12H2,1-2H3/b20-13-. The first-order valence-corrected chi connectivity index (χ1v) is 9.45. The Hall–Kier alpha value is -1.89. The van der Waals surface area contributed by atoms with Crippen molar-refractivity contribution >= 4 is 33.0 Å². The summed E-state index contributed by atoms with van der Waals surface area (Å²) in [6, 6.07) is 13.9. The molecule has 0 fully saturated rings. The van der Waals surface area contributed by atoms with Crippen LogP contribution >= 0.6 is 11.6 Å². The van der Waals surface area contributed by atoms with E-state index in [1.807, 2.05) is 32.0 Å². The number of hydrogen-bond donors (Lipinski definition) is 2. The summed E-state index contributed by atoms with van der Waals surface area (Å²) in [5.41, 5.74) is 5.16. The van der Waals surface area contributed by atoms with Crippen molar-refractivity contribution in [3.8, 4) is 0 Å². The average molecular weight is 366 g/mol. The predicted molar refractivity (Wildman–Crippen MR) is 99.2 cm³/mol. The van der Waals surface area contributed by atoms with Gasteiger partial charge in [0, 0.05) is 6.54 Å². The van der Waals surface area contributed by atoms with E-state index in [1.54, 1.807) is 30.3 Å². The smallest absolute Gasteiger partial charge is 0.240 e. The molecular weight excluding hydrogens is 346 g/mol. The van der Waals surface area contributed by atoms with E-state index in [0.717, 1.165) is 17.7 Å². The number of sulfonamides is 1. The van der Waals surface area contributed by atoms with Gasteiger partial charge in [0.05, 0.1) is 21.3 Å². The maximum Gasteiger partial charge on any atom is 0.240 e. The Labute approximate surface area is 147 Å². The summed E-state index contributed by atoms with van der Waals surface area (Å²) >= 11 is 6.06. The van der Waals surface area contributed by atoms with Crippen LogP contribution in [0.4, 0.5) is 5.69 Å². The highest BCUT2D eigenvalue weighted by molar-refractivity contribution is 7.89. The molecule has 128 valence electrons. The van der Waals surface area contributed by atoms with Gasteiger partial charge in [0.2, 0.25) is 10.0 Å². The highest BCUT2D eigenvalue weighted by Gasteiger charge is 2.12. The minimum atomic E-state index is -3.45. The van der Waals surface area contributed by atoms with Gasteiger partial charge in [-0.15, -0.1) is 0 Å². The maximum atomic E-state index is 12.1. The van der Waals surface area contributed by atoms with Gasteiger partial charge in [-0.2, -0.15) is 5.10 Å². The molecule has 0 aliphatic carbocycles. The van der Waals surface area contributed by atoms with Crippen LogP contribution in [-0.2, 0) is 10.0 Å². The Morgan fingerprint density at radius 3 is 2.42 bits per heavy atom. The third-order valence-electron chi connectivity index (χ3n) is 3.34. The van der Waals surface area contributed by atoms with Gasteiger partial charge >= 0.3 is 0 Å². The fourth-order valence-corrected chi connectivity index (χ4v) is 3.27. The SMILES string of the molecule is CCCNS(=O)(=O)c1ccc(/C(C)=N\Nc2ccccc2Cl)cc1. The second-order valence-electron chi connectivity index (χ2n) is 5.21. The first kappa shape index (κ1) is 18.4. The maximum absolute atomic E-state index is 12.1. The van der Waals surface area contributed by atoms with Crippen LogP contribution in [0, 0.1) is 0 Å². The van der Waals surface area contributed by atoms with Crippen LogP contribution in [0.15, 0.2) is 58.5 Å². The topological polar surface area (TPSA) is 70.6 Å². The van der Waals surface area contributed by atoms with Crippen molar-refractivity contribution in [1.29, 1.82) is 0 Å². The largest absolute Gasteiger partial charge is 0.277 e. The van der Waals surface area contributed by atoms with Gasteiger partial charge in [-0.1, -0.05) is 42.8 Å². The quantitative estimate of drug-likeness (QED) is 0.578. The van der Waals surface area contributed by atoms with E-state index in [2.05, 4.69) is 15.2 Å². The Morgan fingerprint density at radius 1 is 1.12 bits per heavy atom. The lowest BCUT2D eigenvalue weighted by atomic mass is 10.1. The van der Waals surface area contributed by atoms with Crippen LogP contribution in [0.5, 0.6) is 0 Å². The molecule has 0 unspecified atom stereocenters. The number of anilines is 1. The van der Waals surface area contributed by atoms with E-state index in [-0.39, 0.29) is 4.90 Å². The molecule has 0 aliphatic rings. The van der Waals surface area contributed by atoms with Crippen LogP contribution in [0.25, 0.3) is 0 Å². The molecular formula is C17H20ClN3O2S. The zero-order valence-electron chi connectivity index (χ0n) is 13.6. The molecule has 0 aromatic heterocycles. The molecule has 2 aromatic rings. The number of hydrazone groups is 1. The van der Waals surface area contributed by atoms with Gasteiger partial charge in [0.1, 0.15) is 0 Å². The summed E-state index contributed by atoms with van der Waals surface area (Å²) in [5, 5.41) is 4.87. The fraction of sp³-hybridized carbons (Fsp3) is 0.235. The molecule has 2 N–H and O–H groups in total. The molecule has 0 aliphatic heterocycles. The number of nitrogens with one attached hydrogen (secondary N) is 2. The molecule has 2 rings (SSSR count). The lowest BCUT2D eigenvalue weighted by molar-refractivity contribution is 0.581. The lowest BCUT2D eigenvalue weighted by Crippen LogP contribution is -2.24. The molecule has 24 heavy (non-hydrogen) atoms. The second-order valence-corrected chi connectivity index (χ2v) is 7.39. The van der Waals surface area contributed by atoms with Gasteiger partial charge in [0.15, 0.2) is 0 Å². The summed E-state index contributed by atoms with van der Waals surface area (Å²) in [6.07, 6.45) is 0.747. The number of nitrogens with zero attached hydrogens (tertiary/aromatic N) is 1. The van der Waals surface area contributed by atoms with Gasteiger partial charge < -0.3 is 0 Å². The van der Waals surface area contributed by atoms with E-state index in [1.165, 1.54) is 0 Å². The molecule has 0 saturated heterocycles. The molecule has 0 bridgehead atoms. The van der Waals surface area contributed by atoms with Gasteiger partial charge in [-0.3, -0.25) is 5.43 Å². The molecule has 2 aromatic carbocycles. The zero-order valence-corrected chi connectivity index (χ0v) is 15.2. The monoisotopic (exact) mass is 365 g/mol. The molecule has 0 spiro atoms. The molecule has 0 heterocycles. The highest BCUT2D eigenvalue weighted by Crippen LogP contribution is 2.20. The van der Waals surface area contributed by atoms with Crippen LogP contribution in [0.3, 0.4) is 0 Å². The van der Waals surface area contributed by atoms with Gasteiger partial charge in [-0.25, -0.2) is 13.1 Å². The third-order valence-corrected chi connectivity index (χ3v) is 5.15. The summed E-state index contributed by atoms with van der Waals surface area (Å²) in [4.78, 5) is 0.242. The Morgan fingerprint density at radius 2 is 1.79 bits per heavy atom. The van der Waals surface area contributed by atoms with E-state index in [9.17, 15) is 8.42 Å². The van der Waals surface area contributed by atoms with Crippen LogP contribution in [0.1, 0.15) is 25.8 Å². The van der Waals surface area contributed by atoms with Crippen molar-refractivity contribution < 1.29 is 8.42 Å². The number of para-hydroxylation sites is 1. The summed E-state index contributed by atoms with van der Waals surface area (Å²) < 4.78 is 26.6. The Balaban J connectivity index is 2.12. The summed E-state index contributed by atoms with van der Waals surface area (Å²) in [6.45, 7) is 4.17. The molecule has 0 saturated carbocycles. The van der Waals surface area contributed by atoms with E-state index in [4.69, 9.17) is 11.6 Å². The zero-order chi connectivity index (χ0) is 17.6. The van der Waals surface area contributed by atoms with Crippen molar-refractivity contribution in [3.05, 3.63) is 59.1 Å². The second kappa shape index (κ2) is 8.28. The predicted octanol–water partition coefficient (Wildman–Crippen LogP) is 3.86. The third kappa shape index (κ3) is 4.80. The summed E-state index contributed by atoms with van der Waals surface area (Å²) in [7, 11) is -3.45. The molecule has 5 nitrogen and oxygen atoms in total. The highest BCUT2D eigenvalue weighted by atomic mass is 35.5. The number of hydrogen-bond acceptors (Lipinski definition) is 4. The number of halogens is 1. The van der Waals surface area contributed by atoms with Crippen molar-refractivity contribution in [2.45, 2.75) is 25.2 Å². The minimum Gasteiger partial charge on any atom is -0.277 e. The molecule has 0 amide bonds. The summed E-state index contributed by atoms with van der Waals surface area (Å²) in [5.74, 6) is 0. The van der Waals surface area contributed by atoms with E-state index < -0.39 is 10.0 Å². The molecule has 0 radical (unpaired) electrons. The lowest BCUT2D eigenvalue weighted by Gasteiger charge is -2.08. The fourth-order valence-electron chi connectivity index (χ4n) is 1.96. The van der Waals surface area contributed by atoms with Gasteiger partial charge in [0.25, 0.3) is 0 Å². The Bertz CT molecular complexity index is 818. The van der Waals surface area contributed by atoms with Crippen LogP contribution in [-0.4, -0.2) is 20.7 Å².